The number of rotatable bonds is 8. The number of likely N-dealkylation sites (tertiary alicyclic amines) is 1. The maximum absolute atomic E-state index is 14.6. The lowest BCUT2D eigenvalue weighted by atomic mass is 10.0. The molecular weight excluding hydrogens is 459 g/mol. The van der Waals surface area contributed by atoms with Crippen molar-refractivity contribution >= 4 is 28.5 Å². The van der Waals surface area contributed by atoms with Gasteiger partial charge in [0.1, 0.15) is 17.1 Å². The van der Waals surface area contributed by atoms with Crippen LogP contribution in [0.1, 0.15) is 42.0 Å². The van der Waals surface area contributed by atoms with E-state index >= 15 is 0 Å². The molecular formula is C26H28ClFN2O4. The van der Waals surface area contributed by atoms with Gasteiger partial charge in [-0.1, -0.05) is 17.7 Å². The summed E-state index contributed by atoms with van der Waals surface area (Å²) in [6.07, 6.45) is 2.42. The Morgan fingerprint density at radius 2 is 2.03 bits per heavy atom. The molecule has 0 saturated carbocycles. The normalized spacial score (nSPS) is 14.9. The Hall–Kier alpha value is -2.90. The SMILES string of the molecule is COc1ccc2c(C)c(CCC(=O)NCC(c3c(F)cccc3Cl)N3CCCC3)c(=O)oc2c1. The Bertz CT molecular complexity index is 1230. The minimum atomic E-state index is -0.459. The van der Waals surface area contributed by atoms with Gasteiger partial charge < -0.3 is 14.5 Å². The van der Waals surface area contributed by atoms with Crippen LogP contribution >= 0.6 is 11.6 Å². The summed E-state index contributed by atoms with van der Waals surface area (Å²) in [5, 5.41) is 4.08. The molecule has 1 atom stereocenters. The van der Waals surface area contributed by atoms with Gasteiger partial charge in [-0.05, 0) is 69.1 Å². The van der Waals surface area contributed by atoms with Gasteiger partial charge in [-0.15, -0.1) is 0 Å². The van der Waals surface area contributed by atoms with Crippen molar-refractivity contribution in [3.05, 3.63) is 74.3 Å². The van der Waals surface area contributed by atoms with Crippen LogP contribution in [0.3, 0.4) is 0 Å². The minimum absolute atomic E-state index is 0.116. The highest BCUT2D eigenvalue weighted by molar-refractivity contribution is 6.31. The molecule has 0 spiro atoms. The van der Waals surface area contributed by atoms with Gasteiger partial charge in [0.2, 0.25) is 5.91 Å². The number of amides is 1. The van der Waals surface area contributed by atoms with Gasteiger partial charge in [0.25, 0.3) is 0 Å². The van der Waals surface area contributed by atoms with E-state index in [1.165, 1.54) is 6.07 Å². The smallest absolute Gasteiger partial charge is 0.339 e. The standard InChI is InChI=1S/C26H28ClFN2O4/c1-16-18-9-8-17(33-2)14-23(18)34-26(32)19(16)10-11-24(31)29-15-22(30-12-3-4-13-30)25-20(27)6-5-7-21(25)28/h5-9,14,22H,3-4,10-13,15H2,1-2H3,(H,29,31). The van der Waals surface area contributed by atoms with E-state index in [-0.39, 0.29) is 37.2 Å². The number of benzene rings is 2. The second kappa shape index (κ2) is 10.6. The third-order valence-corrected chi connectivity index (χ3v) is 6.83. The monoisotopic (exact) mass is 486 g/mol. The summed E-state index contributed by atoms with van der Waals surface area (Å²) in [5.74, 6) is 0.00894. The molecule has 1 N–H and O–H groups in total. The largest absolute Gasteiger partial charge is 0.497 e. The molecule has 2 aromatic carbocycles. The van der Waals surface area contributed by atoms with Crippen molar-refractivity contribution in [1.29, 1.82) is 0 Å². The Kier molecular flexibility index (Phi) is 7.54. The molecule has 4 rings (SSSR count). The highest BCUT2D eigenvalue weighted by Crippen LogP contribution is 2.32. The molecule has 1 aliphatic rings. The van der Waals surface area contributed by atoms with Gasteiger partial charge in [-0.25, -0.2) is 9.18 Å². The highest BCUT2D eigenvalue weighted by Gasteiger charge is 2.28. The van der Waals surface area contributed by atoms with E-state index < -0.39 is 5.63 Å². The number of ether oxygens (including phenoxy) is 1. The molecule has 3 aromatic rings. The average Bonchev–Trinajstić information content (AvgIpc) is 3.35. The van der Waals surface area contributed by atoms with Crippen LogP contribution in [-0.2, 0) is 11.2 Å². The predicted octanol–water partition coefficient (Wildman–Crippen LogP) is 4.79. The average molecular weight is 487 g/mol. The van der Waals surface area contributed by atoms with E-state index in [0.717, 1.165) is 36.9 Å². The summed E-state index contributed by atoms with van der Waals surface area (Å²) < 4.78 is 25.3. The number of hydrogen-bond donors (Lipinski definition) is 1. The van der Waals surface area contributed by atoms with Crippen LogP contribution in [0.5, 0.6) is 5.75 Å². The molecule has 1 aromatic heterocycles. The van der Waals surface area contributed by atoms with Crippen LogP contribution < -0.4 is 15.7 Å². The number of carbonyl (C=O) groups is 1. The van der Waals surface area contributed by atoms with Crippen molar-refractivity contribution in [2.24, 2.45) is 0 Å². The molecule has 1 unspecified atom stereocenters. The van der Waals surface area contributed by atoms with Crippen LogP contribution in [0.25, 0.3) is 11.0 Å². The zero-order valence-electron chi connectivity index (χ0n) is 19.3. The number of aryl methyl sites for hydroxylation is 1. The number of carbonyl (C=O) groups excluding carboxylic acids is 1. The van der Waals surface area contributed by atoms with Crippen molar-refractivity contribution in [2.75, 3.05) is 26.7 Å². The summed E-state index contributed by atoms with van der Waals surface area (Å²) in [5.41, 5.74) is 1.66. The summed E-state index contributed by atoms with van der Waals surface area (Å²) in [7, 11) is 1.55. The lowest BCUT2D eigenvalue weighted by Crippen LogP contribution is -2.37. The molecule has 1 fully saturated rings. The van der Waals surface area contributed by atoms with Gasteiger partial charge in [0, 0.05) is 40.6 Å². The van der Waals surface area contributed by atoms with Crippen molar-refractivity contribution < 1.29 is 18.3 Å². The van der Waals surface area contributed by atoms with Crippen LogP contribution in [0.2, 0.25) is 5.02 Å². The predicted molar refractivity (Wildman–Crippen MR) is 130 cm³/mol. The fraction of sp³-hybridized carbons (Fsp3) is 0.385. The van der Waals surface area contributed by atoms with Crippen molar-refractivity contribution in [3.63, 3.8) is 0 Å². The Morgan fingerprint density at radius 1 is 1.26 bits per heavy atom. The fourth-order valence-electron chi connectivity index (χ4n) is 4.62. The van der Waals surface area contributed by atoms with Crippen LogP contribution in [-0.4, -0.2) is 37.6 Å². The van der Waals surface area contributed by atoms with E-state index in [2.05, 4.69) is 10.2 Å². The van der Waals surface area contributed by atoms with Crippen molar-refractivity contribution in [2.45, 2.75) is 38.6 Å². The summed E-state index contributed by atoms with van der Waals surface area (Å²) in [6.45, 7) is 3.74. The van der Waals surface area contributed by atoms with E-state index in [0.29, 0.717) is 27.5 Å². The maximum Gasteiger partial charge on any atom is 0.339 e. The zero-order chi connectivity index (χ0) is 24.2. The van der Waals surface area contributed by atoms with E-state index in [1.807, 2.05) is 13.0 Å². The molecule has 8 heteroatoms. The van der Waals surface area contributed by atoms with Gasteiger partial charge in [-0.2, -0.15) is 0 Å². The number of nitrogens with one attached hydrogen (secondary N) is 1. The molecule has 1 aliphatic heterocycles. The van der Waals surface area contributed by atoms with Crippen LogP contribution in [0.4, 0.5) is 4.39 Å². The summed E-state index contributed by atoms with van der Waals surface area (Å²) in [4.78, 5) is 27.4. The zero-order valence-corrected chi connectivity index (χ0v) is 20.1. The third-order valence-electron chi connectivity index (χ3n) is 6.50. The molecule has 6 nitrogen and oxygen atoms in total. The van der Waals surface area contributed by atoms with E-state index in [4.69, 9.17) is 20.8 Å². The summed E-state index contributed by atoms with van der Waals surface area (Å²) in [6, 6.07) is 9.61. The number of methoxy groups -OCH3 is 1. The first-order chi connectivity index (χ1) is 16.4. The topological polar surface area (TPSA) is 71.8 Å². The second-order valence-corrected chi connectivity index (χ2v) is 8.96. The number of halogens is 2. The first kappa shape index (κ1) is 24.2. The van der Waals surface area contributed by atoms with Crippen molar-refractivity contribution in [1.82, 2.24) is 10.2 Å². The lowest BCUT2D eigenvalue weighted by molar-refractivity contribution is -0.121. The Labute approximate surface area is 202 Å². The highest BCUT2D eigenvalue weighted by atomic mass is 35.5. The molecule has 2 heterocycles. The van der Waals surface area contributed by atoms with Crippen LogP contribution in [0, 0.1) is 12.7 Å². The second-order valence-electron chi connectivity index (χ2n) is 8.55. The fourth-order valence-corrected chi connectivity index (χ4v) is 4.91. The van der Waals surface area contributed by atoms with E-state index in [1.54, 1.807) is 31.4 Å². The van der Waals surface area contributed by atoms with Crippen LogP contribution in [0.15, 0.2) is 45.6 Å². The quantitative estimate of drug-likeness (QED) is 0.463. The molecule has 1 amide bonds. The molecule has 0 radical (unpaired) electrons. The third kappa shape index (κ3) is 5.10. The Balaban J connectivity index is 1.46. The van der Waals surface area contributed by atoms with Gasteiger partial charge in [0.15, 0.2) is 0 Å². The number of fused-ring (bicyclic) bond motifs is 1. The molecule has 180 valence electrons. The molecule has 0 aliphatic carbocycles. The van der Waals surface area contributed by atoms with Crippen molar-refractivity contribution in [3.8, 4) is 5.75 Å². The molecule has 1 saturated heterocycles. The summed E-state index contributed by atoms with van der Waals surface area (Å²) >= 11 is 6.33. The maximum atomic E-state index is 14.6. The van der Waals surface area contributed by atoms with Gasteiger partial charge >= 0.3 is 5.63 Å². The minimum Gasteiger partial charge on any atom is -0.497 e. The number of hydrogen-bond acceptors (Lipinski definition) is 5. The lowest BCUT2D eigenvalue weighted by Gasteiger charge is -2.29. The molecule has 0 bridgehead atoms. The Morgan fingerprint density at radius 3 is 2.74 bits per heavy atom. The number of nitrogens with zero attached hydrogens (tertiary/aromatic N) is 1. The van der Waals surface area contributed by atoms with Gasteiger partial charge in [-0.3, -0.25) is 9.69 Å². The first-order valence-corrected chi connectivity index (χ1v) is 11.8. The van der Waals surface area contributed by atoms with E-state index in [9.17, 15) is 14.0 Å². The van der Waals surface area contributed by atoms with Gasteiger partial charge in [0.05, 0.1) is 13.2 Å². The molecule has 34 heavy (non-hydrogen) atoms. The first-order valence-electron chi connectivity index (χ1n) is 11.4.